The lowest BCUT2D eigenvalue weighted by atomic mass is 10.1. The third-order valence-corrected chi connectivity index (χ3v) is 4.28. The second-order valence-corrected chi connectivity index (χ2v) is 5.34. The van der Waals surface area contributed by atoms with Crippen LogP contribution in [0.4, 0.5) is 13.2 Å². The molecule has 2 aromatic heterocycles. The van der Waals surface area contributed by atoms with Crippen LogP contribution in [-0.2, 0) is 6.18 Å². The third-order valence-electron chi connectivity index (χ3n) is 2.53. The Labute approximate surface area is 119 Å². The molecule has 0 aliphatic carbocycles. The number of rotatable bonds is 3. The molecule has 2 aromatic rings. The molecule has 19 heavy (non-hydrogen) atoms. The molecule has 3 N–H and O–H groups in total. The Balaban J connectivity index is 2.33. The Morgan fingerprint density at radius 1 is 1.32 bits per heavy atom. The van der Waals surface area contributed by atoms with E-state index in [1.807, 2.05) is 10.8 Å². The number of aromatic nitrogens is 1. The van der Waals surface area contributed by atoms with E-state index in [1.54, 1.807) is 0 Å². The highest BCUT2D eigenvalue weighted by Crippen LogP contribution is 2.32. The summed E-state index contributed by atoms with van der Waals surface area (Å²) in [7, 11) is 0. The van der Waals surface area contributed by atoms with Gasteiger partial charge in [-0.15, -0.1) is 0 Å². The molecular formula is C11H9BrF3N3S. The zero-order chi connectivity index (χ0) is 14.0. The molecule has 2 heterocycles. The van der Waals surface area contributed by atoms with Crippen LogP contribution in [0.25, 0.3) is 0 Å². The lowest BCUT2D eigenvalue weighted by Gasteiger charge is -2.15. The summed E-state index contributed by atoms with van der Waals surface area (Å²) in [6.45, 7) is 0. The summed E-state index contributed by atoms with van der Waals surface area (Å²) in [4.78, 5) is 3.83. The lowest BCUT2D eigenvalue weighted by Crippen LogP contribution is -2.29. The Morgan fingerprint density at radius 3 is 2.47 bits per heavy atom. The molecule has 0 spiro atoms. The van der Waals surface area contributed by atoms with E-state index in [0.717, 1.165) is 22.3 Å². The first-order valence-electron chi connectivity index (χ1n) is 5.14. The fourth-order valence-corrected chi connectivity index (χ4v) is 3.13. The predicted octanol–water partition coefficient (Wildman–Crippen LogP) is 3.48. The third kappa shape index (κ3) is 3.14. The predicted molar refractivity (Wildman–Crippen MR) is 70.4 cm³/mol. The molecule has 0 aliphatic heterocycles. The van der Waals surface area contributed by atoms with Crippen LogP contribution in [-0.4, -0.2) is 4.98 Å². The molecule has 0 saturated heterocycles. The molecule has 0 radical (unpaired) electrons. The largest absolute Gasteiger partial charge is 0.417 e. The average Bonchev–Trinajstić information content (AvgIpc) is 2.76. The van der Waals surface area contributed by atoms with Crippen molar-refractivity contribution in [2.75, 3.05) is 0 Å². The summed E-state index contributed by atoms with van der Waals surface area (Å²) in [6.07, 6.45) is -3.58. The number of nitrogens with zero attached hydrogens (tertiary/aromatic N) is 1. The Hall–Kier alpha value is -0.960. The van der Waals surface area contributed by atoms with Crippen molar-refractivity contribution in [1.29, 1.82) is 0 Å². The first-order valence-corrected chi connectivity index (χ1v) is 6.88. The summed E-state index contributed by atoms with van der Waals surface area (Å²) in [5.74, 6) is 5.46. The van der Waals surface area contributed by atoms with Crippen molar-refractivity contribution in [2.45, 2.75) is 12.2 Å². The van der Waals surface area contributed by atoms with Crippen LogP contribution in [0.1, 0.15) is 22.9 Å². The van der Waals surface area contributed by atoms with E-state index in [-0.39, 0.29) is 0 Å². The number of nitrogens with two attached hydrogens (primary N) is 1. The van der Waals surface area contributed by atoms with Crippen molar-refractivity contribution in [1.82, 2.24) is 10.4 Å². The highest BCUT2D eigenvalue weighted by molar-refractivity contribution is 9.10. The molecule has 0 amide bonds. The number of hydrogen-bond donors (Lipinski definition) is 2. The molecule has 0 fully saturated rings. The highest BCUT2D eigenvalue weighted by atomic mass is 79.9. The average molecular weight is 352 g/mol. The maximum absolute atomic E-state index is 12.5. The van der Waals surface area contributed by atoms with E-state index in [2.05, 4.69) is 26.3 Å². The summed E-state index contributed by atoms with van der Waals surface area (Å²) in [5.41, 5.74) is 3.03. The first-order chi connectivity index (χ1) is 8.93. The SMILES string of the molecule is NNC(c1ccc(C(F)(F)F)cn1)c1cscc1Br. The second kappa shape index (κ2) is 5.58. The summed E-state index contributed by atoms with van der Waals surface area (Å²) in [6, 6.07) is 1.85. The maximum Gasteiger partial charge on any atom is 0.417 e. The number of alkyl halides is 3. The zero-order valence-corrected chi connectivity index (χ0v) is 11.8. The van der Waals surface area contributed by atoms with Crippen molar-refractivity contribution < 1.29 is 13.2 Å². The van der Waals surface area contributed by atoms with Crippen molar-refractivity contribution in [3.05, 3.63) is 50.4 Å². The van der Waals surface area contributed by atoms with Crippen LogP contribution in [0.3, 0.4) is 0 Å². The molecule has 0 bridgehead atoms. The van der Waals surface area contributed by atoms with Crippen molar-refractivity contribution in [2.24, 2.45) is 5.84 Å². The van der Waals surface area contributed by atoms with Gasteiger partial charge in [-0.2, -0.15) is 24.5 Å². The van der Waals surface area contributed by atoms with Gasteiger partial charge in [0.1, 0.15) is 0 Å². The highest BCUT2D eigenvalue weighted by Gasteiger charge is 2.31. The molecule has 102 valence electrons. The van der Waals surface area contributed by atoms with Gasteiger partial charge in [0.05, 0.1) is 17.3 Å². The van der Waals surface area contributed by atoms with Gasteiger partial charge < -0.3 is 0 Å². The van der Waals surface area contributed by atoms with E-state index >= 15 is 0 Å². The van der Waals surface area contributed by atoms with Gasteiger partial charge in [0, 0.05) is 21.6 Å². The van der Waals surface area contributed by atoms with Crippen LogP contribution >= 0.6 is 27.3 Å². The molecule has 0 aromatic carbocycles. The lowest BCUT2D eigenvalue weighted by molar-refractivity contribution is -0.137. The van der Waals surface area contributed by atoms with E-state index in [0.29, 0.717) is 5.69 Å². The van der Waals surface area contributed by atoms with Gasteiger partial charge in [0.15, 0.2) is 0 Å². The van der Waals surface area contributed by atoms with Crippen molar-refractivity contribution >= 4 is 27.3 Å². The van der Waals surface area contributed by atoms with E-state index < -0.39 is 17.8 Å². The normalized spacial score (nSPS) is 13.5. The molecule has 2 rings (SSSR count). The van der Waals surface area contributed by atoms with Gasteiger partial charge in [-0.1, -0.05) is 0 Å². The van der Waals surface area contributed by atoms with Crippen LogP contribution < -0.4 is 11.3 Å². The quantitative estimate of drug-likeness (QED) is 0.657. The summed E-state index contributed by atoms with van der Waals surface area (Å²) < 4.78 is 38.2. The monoisotopic (exact) mass is 351 g/mol. The van der Waals surface area contributed by atoms with Gasteiger partial charge in [-0.3, -0.25) is 10.8 Å². The van der Waals surface area contributed by atoms with Crippen LogP contribution in [0.5, 0.6) is 0 Å². The molecule has 1 unspecified atom stereocenters. The maximum atomic E-state index is 12.5. The molecule has 3 nitrogen and oxygen atoms in total. The Morgan fingerprint density at radius 2 is 2.05 bits per heavy atom. The number of pyridine rings is 1. The number of hydrazine groups is 1. The molecular weight excluding hydrogens is 343 g/mol. The molecule has 8 heteroatoms. The van der Waals surface area contributed by atoms with Crippen molar-refractivity contribution in [3.63, 3.8) is 0 Å². The number of hydrogen-bond acceptors (Lipinski definition) is 4. The smallest absolute Gasteiger partial charge is 0.271 e. The molecule has 1 atom stereocenters. The van der Waals surface area contributed by atoms with Crippen LogP contribution in [0.15, 0.2) is 33.6 Å². The van der Waals surface area contributed by atoms with Gasteiger partial charge in [0.2, 0.25) is 0 Å². The Bertz CT molecular complexity index is 553. The topological polar surface area (TPSA) is 50.9 Å². The van der Waals surface area contributed by atoms with E-state index in [4.69, 9.17) is 5.84 Å². The fraction of sp³-hybridized carbons (Fsp3) is 0.182. The standard InChI is InChI=1S/C11H9BrF3N3S/c12-8-5-19-4-7(8)10(18-16)9-2-1-6(3-17-9)11(13,14)15/h1-5,10,18H,16H2. The summed E-state index contributed by atoms with van der Waals surface area (Å²) in [5, 5.41) is 3.72. The fourth-order valence-electron chi connectivity index (χ4n) is 1.58. The molecule has 0 saturated carbocycles. The minimum Gasteiger partial charge on any atom is -0.271 e. The minimum absolute atomic E-state index is 0.426. The number of thiophene rings is 1. The second-order valence-electron chi connectivity index (χ2n) is 3.74. The van der Waals surface area contributed by atoms with Gasteiger partial charge in [0.25, 0.3) is 0 Å². The zero-order valence-electron chi connectivity index (χ0n) is 9.41. The number of nitrogens with one attached hydrogen (secondary N) is 1. The summed E-state index contributed by atoms with van der Waals surface area (Å²) >= 11 is 4.82. The van der Waals surface area contributed by atoms with Crippen molar-refractivity contribution in [3.8, 4) is 0 Å². The minimum atomic E-state index is -4.39. The van der Waals surface area contributed by atoms with Crippen LogP contribution in [0, 0.1) is 0 Å². The Kier molecular flexibility index (Phi) is 4.24. The van der Waals surface area contributed by atoms with E-state index in [9.17, 15) is 13.2 Å². The van der Waals surface area contributed by atoms with Crippen LogP contribution in [0.2, 0.25) is 0 Å². The molecule has 0 aliphatic rings. The van der Waals surface area contributed by atoms with Gasteiger partial charge in [-0.25, -0.2) is 5.43 Å². The van der Waals surface area contributed by atoms with E-state index in [1.165, 1.54) is 17.4 Å². The van der Waals surface area contributed by atoms with Gasteiger partial charge >= 0.3 is 6.18 Å². The van der Waals surface area contributed by atoms with Gasteiger partial charge in [-0.05, 0) is 33.4 Å². The first kappa shape index (κ1) is 14.4. The number of halogens is 4.